The first-order valence-electron chi connectivity index (χ1n) is 8.80. The SMILES string of the molecule is COc1ccc(OC)c(/C=C2/N=C(SCCC(=O)O)N(c3ccccc3)C2=O)c1. The predicted molar refractivity (Wildman–Crippen MR) is 114 cm³/mol. The average molecular weight is 412 g/mol. The first-order chi connectivity index (χ1) is 14.0. The second-order valence-electron chi connectivity index (χ2n) is 6.00. The van der Waals surface area contributed by atoms with Crippen molar-refractivity contribution in [3.8, 4) is 11.5 Å². The molecule has 2 aromatic carbocycles. The monoisotopic (exact) mass is 412 g/mol. The molecule has 29 heavy (non-hydrogen) atoms. The van der Waals surface area contributed by atoms with Crippen LogP contribution in [0.2, 0.25) is 0 Å². The highest BCUT2D eigenvalue weighted by atomic mass is 32.2. The van der Waals surface area contributed by atoms with Crippen molar-refractivity contribution in [2.75, 3.05) is 24.9 Å². The number of benzene rings is 2. The van der Waals surface area contributed by atoms with E-state index in [-0.39, 0.29) is 18.0 Å². The third-order valence-corrected chi connectivity index (χ3v) is 5.06. The van der Waals surface area contributed by atoms with E-state index in [9.17, 15) is 9.59 Å². The van der Waals surface area contributed by atoms with Crippen LogP contribution in [0.15, 0.2) is 59.2 Å². The lowest BCUT2D eigenvalue weighted by molar-refractivity contribution is -0.136. The molecule has 0 aliphatic carbocycles. The number of aliphatic carboxylic acids is 1. The van der Waals surface area contributed by atoms with Gasteiger partial charge in [0.2, 0.25) is 0 Å². The summed E-state index contributed by atoms with van der Waals surface area (Å²) in [5.74, 6) is 0.327. The van der Waals surface area contributed by atoms with Crippen LogP contribution in [0, 0.1) is 0 Å². The van der Waals surface area contributed by atoms with Gasteiger partial charge in [-0.05, 0) is 36.4 Å². The summed E-state index contributed by atoms with van der Waals surface area (Å²) in [5.41, 5.74) is 1.56. The average Bonchev–Trinajstić information content (AvgIpc) is 3.03. The summed E-state index contributed by atoms with van der Waals surface area (Å²) in [5, 5.41) is 9.35. The van der Waals surface area contributed by atoms with Crippen LogP contribution in [0.5, 0.6) is 11.5 Å². The molecule has 0 radical (unpaired) electrons. The molecule has 2 aromatic rings. The summed E-state index contributed by atoms with van der Waals surface area (Å²) in [6, 6.07) is 14.4. The van der Waals surface area contributed by atoms with E-state index in [0.29, 0.717) is 33.7 Å². The van der Waals surface area contributed by atoms with Crippen LogP contribution in [0.25, 0.3) is 6.08 Å². The van der Waals surface area contributed by atoms with Crippen molar-refractivity contribution in [1.82, 2.24) is 0 Å². The second kappa shape index (κ2) is 9.29. The van der Waals surface area contributed by atoms with Gasteiger partial charge in [0.15, 0.2) is 5.17 Å². The molecular weight excluding hydrogens is 392 g/mol. The number of anilines is 1. The zero-order chi connectivity index (χ0) is 20.8. The lowest BCUT2D eigenvalue weighted by atomic mass is 10.1. The summed E-state index contributed by atoms with van der Waals surface area (Å²) in [6.45, 7) is 0. The molecule has 0 fully saturated rings. The van der Waals surface area contributed by atoms with E-state index >= 15 is 0 Å². The number of carboxylic acid groups (broad SMARTS) is 1. The maximum absolute atomic E-state index is 13.1. The molecule has 1 heterocycles. The molecule has 0 atom stereocenters. The van der Waals surface area contributed by atoms with Gasteiger partial charge in [-0.2, -0.15) is 0 Å². The highest BCUT2D eigenvalue weighted by molar-refractivity contribution is 8.14. The Bertz CT molecular complexity index is 972. The van der Waals surface area contributed by atoms with Gasteiger partial charge >= 0.3 is 5.97 Å². The number of hydrogen-bond donors (Lipinski definition) is 1. The van der Waals surface area contributed by atoms with Gasteiger partial charge in [-0.3, -0.25) is 14.5 Å². The Balaban J connectivity index is 1.98. The minimum absolute atomic E-state index is 0.0245. The van der Waals surface area contributed by atoms with Gasteiger partial charge in [-0.25, -0.2) is 4.99 Å². The third kappa shape index (κ3) is 4.78. The van der Waals surface area contributed by atoms with Crippen LogP contribution in [-0.4, -0.2) is 42.1 Å². The fourth-order valence-electron chi connectivity index (χ4n) is 2.73. The predicted octanol–water partition coefficient (Wildman–Crippen LogP) is 3.66. The van der Waals surface area contributed by atoms with E-state index in [1.54, 1.807) is 50.6 Å². The Labute approximate surface area is 172 Å². The van der Waals surface area contributed by atoms with Gasteiger partial charge in [0.05, 0.1) is 26.3 Å². The van der Waals surface area contributed by atoms with E-state index in [1.165, 1.54) is 16.7 Å². The highest BCUT2D eigenvalue weighted by Gasteiger charge is 2.32. The zero-order valence-corrected chi connectivity index (χ0v) is 16.8. The number of thioether (sulfide) groups is 1. The van der Waals surface area contributed by atoms with E-state index in [1.807, 2.05) is 18.2 Å². The Kier molecular flexibility index (Phi) is 6.56. The van der Waals surface area contributed by atoms with E-state index in [2.05, 4.69) is 4.99 Å². The number of nitrogens with zero attached hydrogens (tertiary/aromatic N) is 2. The molecule has 1 amide bonds. The topological polar surface area (TPSA) is 88.4 Å². The third-order valence-electron chi connectivity index (χ3n) is 4.12. The lowest BCUT2D eigenvalue weighted by Crippen LogP contribution is -2.30. The number of hydrogen-bond acceptors (Lipinski definition) is 6. The molecule has 0 unspecified atom stereocenters. The van der Waals surface area contributed by atoms with E-state index in [0.717, 1.165) is 0 Å². The first kappa shape index (κ1) is 20.5. The second-order valence-corrected chi connectivity index (χ2v) is 7.06. The first-order valence-corrected chi connectivity index (χ1v) is 9.78. The minimum atomic E-state index is -0.898. The molecule has 8 heteroatoms. The van der Waals surface area contributed by atoms with E-state index < -0.39 is 5.97 Å². The molecule has 0 bridgehead atoms. The van der Waals surface area contributed by atoms with Crippen molar-refractivity contribution in [2.24, 2.45) is 4.99 Å². The molecule has 1 N–H and O–H groups in total. The molecule has 7 nitrogen and oxygen atoms in total. The van der Waals surface area contributed by atoms with Crippen molar-refractivity contribution in [3.05, 3.63) is 59.8 Å². The van der Waals surface area contributed by atoms with E-state index in [4.69, 9.17) is 14.6 Å². The summed E-state index contributed by atoms with van der Waals surface area (Å²) in [7, 11) is 3.11. The molecule has 0 aromatic heterocycles. The smallest absolute Gasteiger partial charge is 0.304 e. The molecule has 3 rings (SSSR count). The standard InChI is InChI=1S/C21H20N2O5S/c1-27-16-8-9-18(28-2)14(12-16)13-17-20(26)23(15-6-4-3-5-7-15)21(22-17)29-11-10-19(24)25/h3-9,12-13H,10-11H2,1-2H3,(H,24,25)/b17-13+. The highest BCUT2D eigenvalue weighted by Crippen LogP contribution is 2.32. The van der Waals surface area contributed by atoms with Crippen LogP contribution in [0.4, 0.5) is 5.69 Å². The molecule has 0 spiro atoms. The minimum Gasteiger partial charge on any atom is -0.497 e. The maximum Gasteiger partial charge on any atom is 0.304 e. The summed E-state index contributed by atoms with van der Waals surface area (Å²) >= 11 is 1.23. The van der Waals surface area contributed by atoms with Gasteiger partial charge in [0.25, 0.3) is 5.91 Å². The number of amidine groups is 1. The van der Waals surface area contributed by atoms with Crippen LogP contribution >= 0.6 is 11.8 Å². The number of para-hydroxylation sites is 1. The van der Waals surface area contributed by atoms with Crippen LogP contribution in [0.1, 0.15) is 12.0 Å². The van der Waals surface area contributed by atoms with Crippen LogP contribution in [-0.2, 0) is 9.59 Å². The van der Waals surface area contributed by atoms with Gasteiger partial charge in [0.1, 0.15) is 17.2 Å². The van der Waals surface area contributed by atoms with Crippen molar-refractivity contribution >= 4 is 40.6 Å². The van der Waals surface area contributed by atoms with Gasteiger partial charge in [0, 0.05) is 11.3 Å². The summed E-state index contributed by atoms with van der Waals surface area (Å²) in [6.07, 6.45) is 1.62. The van der Waals surface area contributed by atoms with Gasteiger partial charge < -0.3 is 14.6 Å². The molecule has 150 valence electrons. The normalized spacial score (nSPS) is 14.8. The summed E-state index contributed by atoms with van der Waals surface area (Å²) in [4.78, 5) is 29.9. The number of carbonyl (C=O) groups excluding carboxylic acids is 1. The quantitative estimate of drug-likeness (QED) is 0.699. The number of aliphatic imine (C=N–C) groups is 1. The molecule has 0 saturated carbocycles. The summed E-state index contributed by atoms with van der Waals surface area (Å²) < 4.78 is 10.6. The number of ether oxygens (including phenoxy) is 2. The van der Waals surface area contributed by atoms with Crippen molar-refractivity contribution < 1.29 is 24.2 Å². The Morgan fingerprint density at radius 1 is 1.17 bits per heavy atom. The maximum atomic E-state index is 13.1. The van der Waals surface area contributed by atoms with Gasteiger partial charge in [-0.15, -0.1) is 0 Å². The number of rotatable bonds is 7. The Hall–Kier alpha value is -3.26. The fraction of sp³-hybridized carbons (Fsp3) is 0.190. The van der Waals surface area contributed by atoms with Crippen molar-refractivity contribution in [1.29, 1.82) is 0 Å². The molecule has 1 aliphatic heterocycles. The van der Waals surface area contributed by atoms with Gasteiger partial charge in [-0.1, -0.05) is 30.0 Å². The van der Waals surface area contributed by atoms with Crippen molar-refractivity contribution in [2.45, 2.75) is 6.42 Å². The van der Waals surface area contributed by atoms with Crippen molar-refractivity contribution in [3.63, 3.8) is 0 Å². The number of amides is 1. The molecular formula is C21H20N2O5S. The van der Waals surface area contributed by atoms with Crippen LogP contribution in [0.3, 0.4) is 0 Å². The molecule has 1 aliphatic rings. The van der Waals surface area contributed by atoms with Crippen LogP contribution < -0.4 is 14.4 Å². The fourth-order valence-corrected chi connectivity index (χ4v) is 3.67. The molecule has 0 saturated heterocycles. The Morgan fingerprint density at radius 3 is 2.59 bits per heavy atom. The largest absolute Gasteiger partial charge is 0.497 e. The number of carboxylic acids is 1. The zero-order valence-electron chi connectivity index (χ0n) is 16.0. The number of methoxy groups -OCH3 is 2. The lowest BCUT2D eigenvalue weighted by Gasteiger charge is -2.17. The number of carbonyl (C=O) groups is 2. The Morgan fingerprint density at radius 2 is 1.93 bits per heavy atom.